The lowest BCUT2D eigenvalue weighted by molar-refractivity contribution is 0.105. The Morgan fingerprint density at radius 1 is 1.04 bits per heavy atom. The standard InChI is InChI=1S/C18H20FN3O/c19-16-9-7-15(8-10-16)13-21-11-4-12-22(14-21)18(23)20-17-5-2-1-3-6-17/h1-3,5-10H,4,11-14H2,(H,20,23). The highest BCUT2D eigenvalue weighted by Crippen LogP contribution is 2.14. The van der Waals surface area contributed by atoms with Gasteiger partial charge in [-0.25, -0.2) is 9.18 Å². The lowest BCUT2D eigenvalue weighted by Gasteiger charge is -2.35. The maximum atomic E-state index is 13.0. The number of anilines is 1. The number of amides is 2. The minimum Gasteiger partial charge on any atom is -0.311 e. The van der Waals surface area contributed by atoms with Crippen LogP contribution in [0.4, 0.5) is 14.9 Å². The Labute approximate surface area is 135 Å². The van der Waals surface area contributed by atoms with Gasteiger partial charge in [0.1, 0.15) is 5.82 Å². The molecule has 2 amide bonds. The summed E-state index contributed by atoms with van der Waals surface area (Å²) in [5.74, 6) is -0.226. The molecule has 1 aliphatic rings. The van der Waals surface area contributed by atoms with Crippen molar-refractivity contribution in [3.05, 3.63) is 66.0 Å². The second-order valence-electron chi connectivity index (χ2n) is 5.73. The maximum absolute atomic E-state index is 13.0. The van der Waals surface area contributed by atoms with Crippen molar-refractivity contribution < 1.29 is 9.18 Å². The molecule has 2 aromatic carbocycles. The van der Waals surface area contributed by atoms with Crippen molar-refractivity contribution in [2.45, 2.75) is 13.0 Å². The fraction of sp³-hybridized carbons (Fsp3) is 0.278. The van der Waals surface area contributed by atoms with Crippen LogP contribution in [0.1, 0.15) is 12.0 Å². The molecule has 1 heterocycles. The van der Waals surface area contributed by atoms with E-state index in [1.807, 2.05) is 30.3 Å². The summed E-state index contributed by atoms with van der Waals surface area (Å²) in [5, 5.41) is 2.91. The summed E-state index contributed by atoms with van der Waals surface area (Å²) < 4.78 is 13.0. The van der Waals surface area contributed by atoms with Gasteiger partial charge in [-0.05, 0) is 36.2 Å². The first-order valence-electron chi connectivity index (χ1n) is 7.78. The Hall–Kier alpha value is -2.40. The van der Waals surface area contributed by atoms with Crippen LogP contribution in [0.3, 0.4) is 0 Å². The van der Waals surface area contributed by atoms with Crippen LogP contribution in [0.25, 0.3) is 0 Å². The van der Waals surface area contributed by atoms with E-state index in [0.29, 0.717) is 6.67 Å². The zero-order valence-corrected chi connectivity index (χ0v) is 12.9. The number of rotatable bonds is 3. The lowest BCUT2D eigenvalue weighted by atomic mass is 10.2. The molecule has 0 bridgehead atoms. The number of benzene rings is 2. The van der Waals surface area contributed by atoms with Crippen molar-refractivity contribution in [3.63, 3.8) is 0 Å². The van der Waals surface area contributed by atoms with Crippen LogP contribution in [0, 0.1) is 5.82 Å². The molecule has 23 heavy (non-hydrogen) atoms. The van der Waals surface area contributed by atoms with Gasteiger partial charge in [-0.3, -0.25) is 4.90 Å². The Morgan fingerprint density at radius 2 is 1.78 bits per heavy atom. The van der Waals surface area contributed by atoms with E-state index in [0.717, 1.165) is 37.3 Å². The highest BCUT2D eigenvalue weighted by molar-refractivity contribution is 5.89. The molecule has 1 fully saturated rings. The number of carbonyl (C=O) groups is 1. The van der Waals surface area contributed by atoms with Crippen molar-refractivity contribution in [2.75, 3.05) is 25.1 Å². The topological polar surface area (TPSA) is 35.6 Å². The summed E-state index contributed by atoms with van der Waals surface area (Å²) in [6.45, 7) is 2.98. The van der Waals surface area contributed by atoms with E-state index in [2.05, 4.69) is 10.2 Å². The molecule has 0 aromatic heterocycles. The summed E-state index contributed by atoms with van der Waals surface area (Å²) in [7, 11) is 0. The van der Waals surface area contributed by atoms with Gasteiger partial charge in [0.05, 0.1) is 6.67 Å². The second-order valence-corrected chi connectivity index (χ2v) is 5.73. The second kappa shape index (κ2) is 7.24. The summed E-state index contributed by atoms with van der Waals surface area (Å²) in [6, 6.07) is 15.9. The smallest absolute Gasteiger partial charge is 0.311 e. The van der Waals surface area contributed by atoms with E-state index in [1.165, 1.54) is 12.1 Å². The fourth-order valence-electron chi connectivity index (χ4n) is 2.73. The Morgan fingerprint density at radius 3 is 2.52 bits per heavy atom. The van der Waals surface area contributed by atoms with E-state index >= 15 is 0 Å². The van der Waals surface area contributed by atoms with Gasteiger partial charge in [-0.2, -0.15) is 0 Å². The summed E-state index contributed by atoms with van der Waals surface area (Å²) >= 11 is 0. The Kier molecular flexibility index (Phi) is 4.88. The SMILES string of the molecule is O=C(Nc1ccccc1)N1CCCN(Cc2ccc(F)cc2)C1. The van der Waals surface area contributed by atoms with Gasteiger partial charge in [0.15, 0.2) is 0 Å². The summed E-state index contributed by atoms with van der Waals surface area (Å²) in [5.41, 5.74) is 1.85. The molecule has 0 unspecified atom stereocenters. The highest BCUT2D eigenvalue weighted by Gasteiger charge is 2.21. The number of hydrogen-bond donors (Lipinski definition) is 1. The van der Waals surface area contributed by atoms with Crippen molar-refractivity contribution >= 4 is 11.7 Å². The van der Waals surface area contributed by atoms with Crippen molar-refractivity contribution in [1.29, 1.82) is 0 Å². The van der Waals surface area contributed by atoms with Crippen LogP contribution in [-0.4, -0.2) is 35.6 Å². The molecule has 0 radical (unpaired) electrons. The molecule has 0 saturated carbocycles. The lowest BCUT2D eigenvalue weighted by Crippen LogP contribution is -2.48. The van der Waals surface area contributed by atoms with Gasteiger partial charge in [-0.1, -0.05) is 30.3 Å². The third-order valence-corrected chi connectivity index (χ3v) is 3.90. The third-order valence-electron chi connectivity index (χ3n) is 3.90. The normalized spacial score (nSPS) is 15.4. The van der Waals surface area contributed by atoms with Gasteiger partial charge >= 0.3 is 6.03 Å². The van der Waals surface area contributed by atoms with Crippen LogP contribution < -0.4 is 5.32 Å². The zero-order valence-electron chi connectivity index (χ0n) is 12.9. The first-order valence-corrected chi connectivity index (χ1v) is 7.78. The molecule has 3 rings (SSSR count). The molecule has 1 N–H and O–H groups in total. The van der Waals surface area contributed by atoms with Crippen molar-refractivity contribution in [1.82, 2.24) is 9.80 Å². The number of hydrogen-bond acceptors (Lipinski definition) is 2. The van der Waals surface area contributed by atoms with Crippen LogP contribution in [0.5, 0.6) is 0 Å². The van der Waals surface area contributed by atoms with E-state index in [-0.39, 0.29) is 11.8 Å². The number of para-hydroxylation sites is 1. The van der Waals surface area contributed by atoms with Crippen LogP contribution in [0.15, 0.2) is 54.6 Å². The van der Waals surface area contributed by atoms with E-state index in [1.54, 1.807) is 17.0 Å². The number of halogens is 1. The maximum Gasteiger partial charge on any atom is 0.322 e. The Bertz CT molecular complexity index is 645. The minimum absolute atomic E-state index is 0.0833. The minimum atomic E-state index is -0.226. The van der Waals surface area contributed by atoms with E-state index in [9.17, 15) is 9.18 Å². The van der Waals surface area contributed by atoms with Gasteiger partial charge < -0.3 is 10.2 Å². The number of urea groups is 1. The largest absolute Gasteiger partial charge is 0.322 e. The predicted molar refractivity (Wildman–Crippen MR) is 88.5 cm³/mol. The molecule has 5 heteroatoms. The summed E-state index contributed by atoms with van der Waals surface area (Å²) in [4.78, 5) is 16.4. The van der Waals surface area contributed by atoms with Gasteiger partial charge in [0.2, 0.25) is 0 Å². The van der Waals surface area contributed by atoms with Crippen LogP contribution in [-0.2, 0) is 6.54 Å². The molecule has 1 aliphatic heterocycles. The molecule has 0 atom stereocenters. The van der Waals surface area contributed by atoms with Gasteiger partial charge in [-0.15, -0.1) is 0 Å². The predicted octanol–water partition coefficient (Wildman–Crippen LogP) is 3.52. The monoisotopic (exact) mass is 313 g/mol. The number of nitrogens with zero attached hydrogens (tertiary/aromatic N) is 2. The first-order chi connectivity index (χ1) is 11.2. The molecule has 2 aromatic rings. The Balaban J connectivity index is 1.57. The van der Waals surface area contributed by atoms with Crippen molar-refractivity contribution in [3.8, 4) is 0 Å². The third kappa shape index (κ3) is 4.29. The van der Waals surface area contributed by atoms with E-state index < -0.39 is 0 Å². The molecule has 0 spiro atoms. The molecule has 120 valence electrons. The number of carbonyl (C=O) groups excluding carboxylic acids is 1. The van der Waals surface area contributed by atoms with Crippen molar-refractivity contribution in [2.24, 2.45) is 0 Å². The van der Waals surface area contributed by atoms with Crippen LogP contribution >= 0.6 is 0 Å². The highest BCUT2D eigenvalue weighted by atomic mass is 19.1. The molecule has 0 aliphatic carbocycles. The molecule has 4 nitrogen and oxygen atoms in total. The average molecular weight is 313 g/mol. The average Bonchev–Trinajstić information content (AvgIpc) is 2.58. The van der Waals surface area contributed by atoms with Crippen LogP contribution in [0.2, 0.25) is 0 Å². The summed E-state index contributed by atoms with van der Waals surface area (Å²) in [6.07, 6.45) is 0.934. The zero-order chi connectivity index (χ0) is 16.1. The molecular formula is C18H20FN3O. The quantitative estimate of drug-likeness (QED) is 0.941. The molecule has 1 saturated heterocycles. The number of nitrogens with one attached hydrogen (secondary N) is 1. The van der Waals surface area contributed by atoms with E-state index in [4.69, 9.17) is 0 Å². The fourth-order valence-corrected chi connectivity index (χ4v) is 2.73. The molecular weight excluding hydrogens is 293 g/mol. The van der Waals surface area contributed by atoms with Gasteiger partial charge in [0.25, 0.3) is 0 Å². The van der Waals surface area contributed by atoms with Gasteiger partial charge in [0, 0.05) is 25.3 Å². The first kappa shape index (κ1) is 15.5.